The number of amides is 2. The molecular weight excluding hydrogens is 408 g/mol. The molecule has 2 aliphatic carbocycles. The molecule has 31 heavy (non-hydrogen) atoms. The Kier molecular flexibility index (Phi) is 5.64. The molecule has 0 atom stereocenters. The van der Waals surface area contributed by atoms with Crippen LogP contribution in [0.4, 0.5) is 0 Å². The maximum Gasteiger partial charge on any atom is 0.255 e. The molecule has 2 amide bonds. The molecule has 2 aromatic heterocycles. The summed E-state index contributed by atoms with van der Waals surface area (Å²) >= 11 is 1.71. The van der Waals surface area contributed by atoms with Crippen LogP contribution in [0.1, 0.15) is 68.2 Å². The highest BCUT2D eigenvalue weighted by atomic mass is 32.1. The largest absolute Gasteiger partial charge is 0.467 e. The highest BCUT2D eigenvalue weighted by Crippen LogP contribution is 2.31. The maximum absolute atomic E-state index is 13.5. The average Bonchev–Trinajstić information content (AvgIpc) is 3.27. The first-order valence-electron chi connectivity index (χ1n) is 11.0. The molecule has 1 saturated carbocycles. The first-order chi connectivity index (χ1) is 15.2. The summed E-state index contributed by atoms with van der Waals surface area (Å²) < 4.78 is 5.53. The number of carbonyl (C=O) groups excluding carboxylic acids is 2. The summed E-state index contributed by atoms with van der Waals surface area (Å²) in [6.07, 6.45) is 8.19. The van der Waals surface area contributed by atoms with Gasteiger partial charge in [-0.1, -0.05) is 12.1 Å². The Morgan fingerprint density at radius 1 is 1.06 bits per heavy atom. The Hall–Kier alpha value is -2.86. The number of hydrogen-bond acceptors (Lipinski definition) is 4. The van der Waals surface area contributed by atoms with Gasteiger partial charge in [0.05, 0.1) is 18.4 Å². The highest BCUT2D eigenvalue weighted by molar-refractivity contribution is 7.10. The van der Waals surface area contributed by atoms with Crippen LogP contribution in [-0.2, 0) is 25.9 Å². The van der Waals surface area contributed by atoms with E-state index >= 15 is 0 Å². The van der Waals surface area contributed by atoms with E-state index in [1.54, 1.807) is 17.6 Å². The summed E-state index contributed by atoms with van der Waals surface area (Å²) in [6.45, 7) is 0.884. The van der Waals surface area contributed by atoms with Crippen molar-refractivity contribution in [3.05, 3.63) is 80.9 Å². The summed E-state index contributed by atoms with van der Waals surface area (Å²) in [7, 11) is 0. The molecule has 0 saturated heterocycles. The van der Waals surface area contributed by atoms with Crippen molar-refractivity contribution in [2.75, 3.05) is 0 Å². The number of nitrogens with one attached hydrogen (secondary N) is 1. The van der Waals surface area contributed by atoms with Gasteiger partial charge in [0.1, 0.15) is 5.76 Å². The van der Waals surface area contributed by atoms with Crippen molar-refractivity contribution in [1.82, 2.24) is 10.2 Å². The van der Waals surface area contributed by atoms with E-state index in [1.165, 1.54) is 16.9 Å². The number of thiophene rings is 1. The number of rotatable bonds is 7. The van der Waals surface area contributed by atoms with E-state index in [2.05, 4.69) is 5.32 Å². The monoisotopic (exact) mass is 434 g/mol. The Morgan fingerprint density at radius 2 is 1.87 bits per heavy atom. The minimum atomic E-state index is -0.0255. The van der Waals surface area contributed by atoms with Crippen molar-refractivity contribution in [2.24, 2.45) is 0 Å². The smallest absolute Gasteiger partial charge is 0.255 e. The second kappa shape index (κ2) is 8.71. The Balaban J connectivity index is 1.35. The molecule has 6 heteroatoms. The average molecular weight is 435 g/mol. The minimum absolute atomic E-state index is 0.0255. The number of furan rings is 1. The van der Waals surface area contributed by atoms with Gasteiger partial charge in [0, 0.05) is 28.4 Å². The van der Waals surface area contributed by atoms with Crippen LogP contribution in [0.25, 0.3) is 0 Å². The van der Waals surface area contributed by atoms with Gasteiger partial charge in [0.2, 0.25) is 0 Å². The molecule has 0 radical (unpaired) electrons. The van der Waals surface area contributed by atoms with Gasteiger partial charge in [0.15, 0.2) is 0 Å². The Bertz CT molecular complexity index is 1060. The van der Waals surface area contributed by atoms with Crippen molar-refractivity contribution < 1.29 is 14.0 Å². The fourth-order valence-corrected chi connectivity index (χ4v) is 5.23. The van der Waals surface area contributed by atoms with E-state index in [1.807, 2.05) is 46.7 Å². The number of aryl methyl sites for hydroxylation is 1. The third kappa shape index (κ3) is 4.59. The number of hydrogen-bond donors (Lipinski definition) is 1. The lowest BCUT2D eigenvalue weighted by atomic mass is 9.95. The first-order valence-corrected chi connectivity index (χ1v) is 11.9. The van der Waals surface area contributed by atoms with E-state index < -0.39 is 0 Å². The van der Waals surface area contributed by atoms with Crippen LogP contribution in [0.5, 0.6) is 0 Å². The zero-order valence-electron chi connectivity index (χ0n) is 17.4. The van der Waals surface area contributed by atoms with Crippen molar-refractivity contribution in [1.29, 1.82) is 0 Å². The number of carbonyl (C=O) groups is 2. The van der Waals surface area contributed by atoms with E-state index in [0.29, 0.717) is 24.7 Å². The minimum Gasteiger partial charge on any atom is -0.467 e. The van der Waals surface area contributed by atoms with E-state index in [-0.39, 0.29) is 11.8 Å². The van der Waals surface area contributed by atoms with Gasteiger partial charge >= 0.3 is 0 Å². The molecule has 5 nitrogen and oxygen atoms in total. The molecule has 1 aromatic carbocycles. The molecule has 160 valence electrons. The van der Waals surface area contributed by atoms with Gasteiger partial charge < -0.3 is 14.6 Å². The van der Waals surface area contributed by atoms with Crippen LogP contribution >= 0.6 is 11.3 Å². The normalized spacial score (nSPS) is 15.4. The zero-order valence-corrected chi connectivity index (χ0v) is 18.2. The van der Waals surface area contributed by atoms with E-state index in [4.69, 9.17) is 4.42 Å². The van der Waals surface area contributed by atoms with Gasteiger partial charge in [-0.05, 0) is 73.9 Å². The Morgan fingerprint density at radius 3 is 2.61 bits per heavy atom. The predicted octanol–water partition coefficient (Wildman–Crippen LogP) is 4.95. The predicted molar refractivity (Wildman–Crippen MR) is 120 cm³/mol. The Labute approximate surface area is 186 Å². The first kappa shape index (κ1) is 20.1. The lowest BCUT2D eigenvalue weighted by Crippen LogP contribution is -2.30. The molecule has 2 heterocycles. The molecule has 1 N–H and O–H groups in total. The SMILES string of the molecule is O=C(NC1CC1)c1ccc(CN(Cc2ccco2)C(=O)c2csc3c2CCCC3)cc1. The molecule has 0 spiro atoms. The number of fused-ring (bicyclic) bond motifs is 1. The lowest BCUT2D eigenvalue weighted by molar-refractivity contribution is 0.0716. The highest BCUT2D eigenvalue weighted by Gasteiger charge is 2.26. The summed E-state index contributed by atoms with van der Waals surface area (Å²) in [5.41, 5.74) is 3.72. The summed E-state index contributed by atoms with van der Waals surface area (Å²) in [5, 5.41) is 5.04. The number of nitrogens with zero attached hydrogens (tertiary/aromatic N) is 1. The molecular formula is C25H26N2O3S. The molecule has 3 aromatic rings. The van der Waals surface area contributed by atoms with Crippen LogP contribution in [-0.4, -0.2) is 22.8 Å². The summed E-state index contributed by atoms with van der Waals surface area (Å²) in [5.74, 6) is 0.784. The third-order valence-electron chi connectivity index (χ3n) is 6.01. The van der Waals surface area contributed by atoms with Crippen LogP contribution in [0.15, 0.2) is 52.5 Å². The molecule has 2 aliphatic rings. The van der Waals surface area contributed by atoms with Gasteiger partial charge in [-0.25, -0.2) is 0 Å². The second-order valence-corrected chi connectivity index (χ2v) is 9.41. The molecule has 5 rings (SSSR count). The molecule has 1 fully saturated rings. The second-order valence-electron chi connectivity index (χ2n) is 8.44. The molecule has 0 aliphatic heterocycles. The summed E-state index contributed by atoms with van der Waals surface area (Å²) in [4.78, 5) is 29.0. The third-order valence-corrected chi connectivity index (χ3v) is 7.10. The van der Waals surface area contributed by atoms with Crippen molar-refractivity contribution in [3.63, 3.8) is 0 Å². The van der Waals surface area contributed by atoms with E-state index in [9.17, 15) is 9.59 Å². The van der Waals surface area contributed by atoms with Gasteiger partial charge in [-0.15, -0.1) is 11.3 Å². The zero-order chi connectivity index (χ0) is 21.2. The van der Waals surface area contributed by atoms with Crippen LogP contribution in [0.3, 0.4) is 0 Å². The number of benzene rings is 1. The van der Waals surface area contributed by atoms with Crippen LogP contribution < -0.4 is 5.32 Å². The summed E-state index contributed by atoms with van der Waals surface area (Å²) in [6, 6.07) is 11.6. The topological polar surface area (TPSA) is 62.6 Å². The van der Waals surface area contributed by atoms with Crippen molar-refractivity contribution >= 4 is 23.2 Å². The van der Waals surface area contributed by atoms with Crippen LogP contribution in [0, 0.1) is 0 Å². The fraction of sp³-hybridized carbons (Fsp3) is 0.360. The lowest BCUT2D eigenvalue weighted by Gasteiger charge is -2.23. The van der Waals surface area contributed by atoms with Crippen molar-refractivity contribution in [3.8, 4) is 0 Å². The maximum atomic E-state index is 13.5. The molecule has 0 unspecified atom stereocenters. The standard InChI is InChI=1S/C25H26N2O3S/c28-24(26-19-11-12-19)18-9-7-17(8-10-18)14-27(15-20-4-3-13-30-20)25(29)22-16-31-23-6-2-1-5-21(22)23/h3-4,7-10,13,16,19H,1-2,5-6,11-12,14-15H2,(H,26,28). The quantitative estimate of drug-likeness (QED) is 0.572. The molecule has 0 bridgehead atoms. The van der Waals surface area contributed by atoms with E-state index in [0.717, 1.165) is 49.0 Å². The van der Waals surface area contributed by atoms with Gasteiger partial charge in [0.25, 0.3) is 11.8 Å². The van der Waals surface area contributed by atoms with Crippen LogP contribution in [0.2, 0.25) is 0 Å². The van der Waals surface area contributed by atoms with Crippen molar-refractivity contribution in [2.45, 2.75) is 57.7 Å². The van der Waals surface area contributed by atoms with Gasteiger partial charge in [-0.3, -0.25) is 9.59 Å². The van der Waals surface area contributed by atoms with Gasteiger partial charge in [-0.2, -0.15) is 0 Å². The fourth-order valence-electron chi connectivity index (χ4n) is 4.11.